The number of carbonyl (C=O) groups excluding carboxylic acids is 1. The predicted molar refractivity (Wildman–Crippen MR) is 34.7 cm³/mol. The number of ketones is 1. The van der Waals surface area contributed by atoms with Gasteiger partial charge in [0.1, 0.15) is 0 Å². The monoisotopic (exact) mass is 123 g/mol. The van der Waals surface area contributed by atoms with Crippen LogP contribution in [0.1, 0.15) is 19.8 Å². The summed E-state index contributed by atoms with van der Waals surface area (Å²) >= 11 is 0. The third kappa shape index (κ3) is 4.76. The fourth-order valence-electron chi connectivity index (χ4n) is 0.361. The van der Waals surface area contributed by atoms with Gasteiger partial charge in [0.05, 0.1) is 12.5 Å². The molecule has 0 aliphatic carbocycles. The molecule has 0 saturated heterocycles. The summed E-state index contributed by atoms with van der Waals surface area (Å²) in [6, 6.07) is 1.91. The van der Waals surface area contributed by atoms with Gasteiger partial charge >= 0.3 is 0 Å². The molecule has 0 fully saturated rings. The number of hydrogen-bond donors (Lipinski definition) is 0. The minimum atomic E-state index is 0.0743. The van der Waals surface area contributed by atoms with E-state index in [1.54, 1.807) is 13.0 Å². The highest BCUT2D eigenvalue weighted by molar-refractivity contribution is 5.89. The molecule has 0 aromatic rings. The molecule has 0 N–H and O–H groups in total. The van der Waals surface area contributed by atoms with Gasteiger partial charge in [-0.05, 0) is 6.08 Å². The second kappa shape index (κ2) is 5.04. The van der Waals surface area contributed by atoms with E-state index in [0.29, 0.717) is 12.8 Å². The lowest BCUT2D eigenvalue weighted by atomic mass is 10.3. The highest BCUT2D eigenvalue weighted by Gasteiger charge is 1.86. The van der Waals surface area contributed by atoms with E-state index < -0.39 is 0 Å². The Hall–Kier alpha value is -1.10. The number of hydrogen-bond acceptors (Lipinski definition) is 2. The summed E-state index contributed by atoms with van der Waals surface area (Å²) in [4.78, 5) is 10.5. The molecule has 0 unspecified atom stereocenters. The minimum Gasteiger partial charge on any atom is -0.295 e. The van der Waals surface area contributed by atoms with Gasteiger partial charge in [-0.15, -0.1) is 0 Å². The number of nitriles is 1. The first-order valence-electron chi connectivity index (χ1n) is 2.87. The normalized spacial score (nSPS) is 9.33. The van der Waals surface area contributed by atoms with Crippen molar-refractivity contribution in [3.8, 4) is 6.07 Å². The Morgan fingerprint density at radius 2 is 2.44 bits per heavy atom. The highest BCUT2D eigenvalue weighted by atomic mass is 16.1. The third-order valence-corrected chi connectivity index (χ3v) is 0.861. The molecule has 0 rings (SSSR count). The quantitative estimate of drug-likeness (QED) is 0.533. The largest absolute Gasteiger partial charge is 0.295 e. The van der Waals surface area contributed by atoms with Gasteiger partial charge in [0, 0.05) is 6.42 Å². The fraction of sp³-hybridized carbons (Fsp3) is 0.429. The van der Waals surface area contributed by atoms with Crippen molar-refractivity contribution in [2.24, 2.45) is 0 Å². The van der Waals surface area contributed by atoms with Crippen molar-refractivity contribution in [3.63, 3.8) is 0 Å². The summed E-state index contributed by atoms with van der Waals surface area (Å²) in [6.07, 6.45) is 3.86. The van der Waals surface area contributed by atoms with E-state index in [9.17, 15) is 4.79 Å². The minimum absolute atomic E-state index is 0.0743. The van der Waals surface area contributed by atoms with Gasteiger partial charge in [0.15, 0.2) is 5.78 Å². The Balaban J connectivity index is 3.47. The van der Waals surface area contributed by atoms with Crippen LogP contribution < -0.4 is 0 Å². The molecule has 0 spiro atoms. The molecule has 0 atom stereocenters. The van der Waals surface area contributed by atoms with E-state index >= 15 is 0 Å². The van der Waals surface area contributed by atoms with Gasteiger partial charge in [-0.1, -0.05) is 13.0 Å². The summed E-state index contributed by atoms with van der Waals surface area (Å²) in [5.74, 6) is 0.0743. The molecular formula is C7H9NO. The zero-order valence-corrected chi connectivity index (χ0v) is 5.42. The smallest absolute Gasteiger partial charge is 0.155 e. The van der Waals surface area contributed by atoms with Gasteiger partial charge in [-0.2, -0.15) is 5.26 Å². The van der Waals surface area contributed by atoms with Crippen molar-refractivity contribution in [3.05, 3.63) is 12.2 Å². The van der Waals surface area contributed by atoms with Crippen molar-refractivity contribution in [2.45, 2.75) is 19.8 Å². The maximum Gasteiger partial charge on any atom is 0.155 e. The SMILES string of the molecule is CCC(=O)C=CCC#N. The van der Waals surface area contributed by atoms with Crippen LogP contribution >= 0.6 is 0 Å². The van der Waals surface area contributed by atoms with Crippen molar-refractivity contribution >= 4 is 5.78 Å². The maximum atomic E-state index is 10.5. The van der Waals surface area contributed by atoms with Crippen LogP contribution in [0.2, 0.25) is 0 Å². The van der Waals surface area contributed by atoms with E-state index in [0.717, 1.165) is 0 Å². The summed E-state index contributed by atoms with van der Waals surface area (Å²) in [7, 11) is 0. The van der Waals surface area contributed by atoms with Crippen molar-refractivity contribution in [1.29, 1.82) is 5.26 Å². The first-order valence-corrected chi connectivity index (χ1v) is 2.87. The number of carbonyl (C=O) groups is 1. The molecule has 9 heavy (non-hydrogen) atoms. The van der Waals surface area contributed by atoms with Crippen LogP contribution in [-0.4, -0.2) is 5.78 Å². The maximum absolute atomic E-state index is 10.5. The summed E-state index contributed by atoms with van der Waals surface area (Å²) in [6.45, 7) is 1.79. The van der Waals surface area contributed by atoms with E-state index in [4.69, 9.17) is 5.26 Å². The summed E-state index contributed by atoms with van der Waals surface area (Å²) in [5.41, 5.74) is 0. The zero-order valence-electron chi connectivity index (χ0n) is 5.42. The number of rotatable bonds is 3. The lowest BCUT2D eigenvalue weighted by molar-refractivity contribution is -0.114. The first-order chi connectivity index (χ1) is 4.31. The van der Waals surface area contributed by atoms with Crippen LogP contribution in [-0.2, 0) is 4.79 Å². The lowest BCUT2D eigenvalue weighted by Crippen LogP contribution is -1.85. The zero-order chi connectivity index (χ0) is 7.11. The van der Waals surface area contributed by atoms with E-state index in [1.165, 1.54) is 6.08 Å². The Morgan fingerprint density at radius 3 is 2.89 bits per heavy atom. The summed E-state index contributed by atoms with van der Waals surface area (Å²) in [5, 5.41) is 8.04. The van der Waals surface area contributed by atoms with Gasteiger partial charge in [0.2, 0.25) is 0 Å². The molecule has 0 aromatic carbocycles. The molecule has 0 heterocycles. The molecule has 0 bridgehead atoms. The standard InChI is InChI=1S/C7H9NO/c1-2-7(9)5-3-4-6-8/h3,5H,2,4H2,1H3. The van der Waals surface area contributed by atoms with Gasteiger partial charge < -0.3 is 0 Å². The Labute approximate surface area is 54.8 Å². The molecule has 0 aliphatic heterocycles. The topological polar surface area (TPSA) is 40.9 Å². The molecule has 0 amide bonds. The van der Waals surface area contributed by atoms with Crippen molar-refractivity contribution < 1.29 is 4.79 Å². The molecule has 0 aliphatic rings. The number of nitrogens with zero attached hydrogens (tertiary/aromatic N) is 1. The first kappa shape index (κ1) is 7.90. The van der Waals surface area contributed by atoms with E-state index in [1.807, 2.05) is 6.07 Å². The Morgan fingerprint density at radius 1 is 1.78 bits per heavy atom. The molecule has 2 nitrogen and oxygen atoms in total. The van der Waals surface area contributed by atoms with E-state index in [2.05, 4.69) is 0 Å². The van der Waals surface area contributed by atoms with E-state index in [-0.39, 0.29) is 5.78 Å². The average Bonchev–Trinajstić information content (AvgIpc) is 1.89. The van der Waals surface area contributed by atoms with Gasteiger partial charge in [-0.25, -0.2) is 0 Å². The average molecular weight is 123 g/mol. The predicted octanol–water partition coefficient (Wildman–Crippen LogP) is 1.44. The van der Waals surface area contributed by atoms with Crippen LogP contribution in [0.5, 0.6) is 0 Å². The summed E-state index contributed by atoms with van der Waals surface area (Å²) < 4.78 is 0. The molecule has 0 aromatic heterocycles. The van der Waals surface area contributed by atoms with Crippen LogP contribution in [0.4, 0.5) is 0 Å². The molecule has 0 saturated carbocycles. The second-order valence-corrected chi connectivity index (χ2v) is 1.58. The highest BCUT2D eigenvalue weighted by Crippen LogP contribution is 1.85. The molecular weight excluding hydrogens is 114 g/mol. The molecule has 48 valence electrons. The van der Waals surface area contributed by atoms with Crippen molar-refractivity contribution in [2.75, 3.05) is 0 Å². The van der Waals surface area contributed by atoms with Crippen LogP contribution in [0.15, 0.2) is 12.2 Å². The molecule has 0 radical (unpaired) electrons. The van der Waals surface area contributed by atoms with Gasteiger partial charge in [-0.3, -0.25) is 4.79 Å². The number of allylic oxidation sites excluding steroid dienone is 2. The second-order valence-electron chi connectivity index (χ2n) is 1.58. The van der Waals surface area contributed by atoms with Crippen molar-refractivity contribution in [1.82, 2.24) is 0 Å². The Bertz CT molecular complexity index is 153. The fourth-order valence-corrected chi connectivity index (χ4v) is 0.361. The third-order valence-electron chi connectivity index (χ3n) is 0.861. The van der Waals surface area contributed by atoms with Crippen LogP contribution in [0, 0.1) is 11.3 Å². The Kier molecular flexibility index (Phi) is 4.43. The van der Waals surface area contributed by atoms with Crippen LogP contribution in [0.25, 0.3) is 0 Å². The lowest BCUT2D eigenvalue weighted by Gasteiger charge is -1.80. The molecule has 2 heteroatoms. The van der Waals surface area contributed by atoms with Gasteiger partial charge in [0.25, 0.3) is 0 Å². The van der Waals surface area contributed by atoms with Crippen LogP contribution in [0.3, 0.4) is 0 Å².